The van der Waals surface area contributed by atoms with Gasteiger partial charge in [0.05, 0.1) is 18.6 Å². The molecule has 92 valence electrons. The minimum Gasteiger partial charge on any atom is -0.468 e. The van der Waals surface area contributed by atoms with Crippen LogP contribution in [0.5, 0.6) is 0 Å². The highest BCUT2D eigenvalue weighted by molar-refractivity contribution is 5.04. The molecule has 2 aromatic rings. The second-order valence-electron chi connectivity index (χ2n) is 4.30. The first kappa shape index (κ1) is 11.9. The van der Waals surface area contributed by atoms with Crippen molar-refractivity contribution in [2.24, 2.45) is 0 Å². The summed E-state index contributed by atoms with van der Waals surface area (Å²) in [5.41, 5.74) is 0. The van der Waals surface area contributed by atoms with Gasteiger partial charge in [0.25, 0.3) is 0 Å². The molecule has 0 aliphatic carbocycles. The molecule has 17 heavy (non-hydrogen) atoms. The van der Waals surface area contributed by atoms with Gasteiger partial charge in [-0.05, 0) is 25.5 Å². The molecule has 0 aliphatic heterocycles. The number of nitrogens with one attached hydrogen (secondary N) is 1. The lowest BCUT2D eigenvalue weighted by Crippen LogP contribution is -2.33. The van der Waals surface area contributed by atoms with Crippen molar-refractivity contribution in [2.75, 3.05) is 0 Å². The number of hydrogen-bond donors (Lipinski definition) is 1. The molecule has 0 fully saturated rings. The summed E-state index contributed by atoms with van der Waals surface area (Å²) in [6.07, 6.45) is 8.36. The normalized spacial score (nSPS) is 14.7. The molecule has 0 bridgehead atoms. The molecule has 2 heterocycles. The highest BCUT2D eigenvalue weighted by atomic mass is 16.3. The van der Waals surface area contributed by atoms with E-state index >= 15 is 0 Å². The molecule has 1 N–H and O–H groups in total. The third-order valence-electron chi connectivity index (χ3n) is 2.82. The molecule has 0 saturated carbocycles. The molecule has 4 heteroatoms. The van der Waals surface area contributed by atoms with Crippen LogP contribution in [0, 0.1) is 0 Å². The number of rotatable bonds is 6. The number of nitrogens with zero attached hydrogens (tertiary/aromatic N) is 2. The maximum Gasteiger partial charge on any atom is 0.120 e. The molecule has 2 unspecified atom stereocenters. The third kappa shape index (κ3) is 3.20. The zero-order chi connectivity index (χ0) is 12.1. The van der Waals surface area contributed by atoms with Gasteiger partial charge in [0.2, 0.25) is 0 Å². The lowest BCUT2D eigenvalue weighted by molar-refractivity contribution is 0.354. The molecular weight excluding hydrogens is 214 g/mol. The van der Waals surface area contributed by atoms with Crippen LogP contribution in [0.25, 0.3) is 0 Å². The Bertz CT molecular complexity index is 408. The van der Waals surface area contributed by atoms with Crippen LogP contribution in [0.1, 0.15) is 32.1 Å². The Morgan fingerprint density at radius 2 is 2.41 bits per heavy atom. The zero-order valence-electron chi connectivity index (χ0n) is 10.3. The van der Waals surface area contributed by atoms with E-state index in [1.54, 1.807) is 12.5 Å². The molecular formula is C13H19N3O. The molecule has 0 saturated heterocycles. The van der Waals surface area contributed by atoms with Crippen LogP contribution in [0.3, 0.4) is 0 Å². The van der Waals surface area contributed by atoms with Gasteiger partial charge in [-0.3, -0.25) is 0 Å². The van der Waals surface area contributed by atoms with Crippen molar-refractivity contribution >= 4 is 0 Å². The van der Waals surface area contributed by atoms with Gasteiger partial charge in [0, 0.05) is 25.0 Å². The molecule has 0 aromatic carbocycles. The maximum absolute atomic E-state index is 5.44. The van der Waals surface area contributed by atoms with Gasteiger partial charge in [0.1, 0.15) is 5.76 Å². The number of furan rings is 1. The number of hydrogen-bond acceptors (Lipinski definition) is 3. The van der Waals surface area contributed by atoms with E-state index in [9.17, 15) is 0 Å². The van der Waals surface area contributed by atoms with Crippen LogP contribution in [0.15, 0.2) is 41.5 Å². The van der Waals surface area contributed by atoms with E-state index in [1.165, 1.54) is 0 Å². The van der Waals surface area contributed by atoms with Crippen LogP contribution < -0.4 is 5.32 Å². The van der Waals surface area contributed by atoms with Crippen molar-refractivity contribution in [3.05, 3.63) is 42.9 Å². The first-order valence-corrected chi connectivity index (χ1v) is 6.04. The molecule has 2 aromatic heterocycles. The van der Waals surface area contributed by atoms with Crippen LogP contribution in [0.2, 0.25) is 0 Å². The molecule has 0 amide bonds. The first-order valence-electron chi connectivity index (χ1n) is 6.04. The van der Waals surface area contributed by atoms with Gasteiger partial charge >= 0.3 is 0 Å². The van der Waals surface area contributed by atoms with Gasteiger partial charge in [-0.25, -0.2) is 4.98 Å². The Morgan fingerprint density at radius 3 is 3.00 bits per heavy atom. The Balaban J connectivity index is 1.90. The van der Waals surface area contributed by atoms with E-state index in [0.29, 0.717) is 6.04 Å². The third-order valence-corrected chi connectivity index (χ3v) is 2.82. The topological polar surface area (TPSA) is 43.0 Å². The van der Waals surface area contributed by atoms with Crippen molar-refractivity contribution in [2.45, 2.75) is 38.9 Å². The van der Waals surface area contributed by atoms with Crippen LogP contribution >= 0.6 is 0 Å². The molecule has 4 nitrogen and oxygen atoms in total. The van der Waals surface area contributed by atoms with E-state index < -0.39 is 0 Å². The molecule has 0 aliphatic rings. The Labute approximate surface area is 102 Å². The van der Waals surface area contributed by atoms with E-state index in [4.69, 9.17) is 4.42 Å². The van der Waals surface area contributed by atoms with Crippen LogP contribution in [-0.4, -0.2) is 15.6 Å². The summed E-state index contributed by atoms with van der Waals surface area (Å²) in [6, 6.07) is 4.61. The highest BCUT2D eigenvalue weighted by Gasteiger charge is 2.14. The smallest absolute Gasteiger partial charge is 0.120 e. The van der Waals surface area contributed by atoms with Crippen LogP contribution in [-0.2, 0) is 6.54 Å². The Kier molecular flexibility index (Phi) is 3.98. The standard InChI is InChI=1S/C13H19N3O/c1-3-12(13-5-4-8-17-13)15-11(2)9-16-7-6-14-10-16/h4-8,10-12,15H,3,9H2,1-2H3. The summed E-state index contributed by atoms with van der Waals surface area (Å²) in [5, 5.41) is 3.56. The fourth-order valence-electron chi connectivity index (χ4n) is 2.00. The lowest BCUT2D eigenvalue weighted by Gasteiger charge is -2.20. The minimum absolute atomic E-state index is 0.281. The average molecular weight is 233 g/mol. The molecule has 2 rings (SSSR count). The van der Waals surface area contributed by atoms with Gasteiger partial charge in [-0.2, -0.15) is 0 Å². The summed E-state index contributed by atoms with van der Waals surface area (Å²) in [5.74, 6) is 1.00. The van der Waals surface area contributed by atoms with Crippen molar-refractivity contribution in [1.29, 1.82) is 0 Å². The van der Waals surface area contributed by atoms with Crippen molar-refractivity contribution < 1.29 is 4.42 Å². The second kappa shape index (κ2) is 5.68. The van der Waals surface area contributed by atoms with Gasteiger partial charge in [0.15, 0.2) is 0 Å². The summed E-state index contributed by atoms with van der Waals surface area (Å²) in [7, 11) is 0. The fourth-order valence-corrected chi connectivity index (χ4v) is 2.00. The Morgan fingerprint density at radius 1 is 1.53 bits per heavy atom. The largest absolute Gasteiger partial charge is 0.468 e. The summed E-state index contributed by atoms with van der Waals surface area (Å²) in [6.45, 7) is 5.24. The monoisotopic (exact) mass is 233 g/mol. The van der Waals surface area contributed by atoms with Gasteiger partial charge < -0.3 is 14.3 Å². The molecule has 0 spiro atoms. The van der Waals surface area contributed by atoms with Crippen LogP contribution in [0.4, 0.5) is 0 Å². The fraction of sp³-hybridized carbons (Fsp3) is 0.462. The van der Waals surface area contributed by atoms with E-state index in [1.807, 2.05) is 24.7 Å². The van der Waals surface area contributed by atoms with Gasteiger partial charge in [-0.15, -0.1) is 0 Å². The highest BCUT2D eigenvalue weighted by Crippen LogP contribution is 2.17. The SMILES string of the molecule is CCC(NC(C)Cn1ccnc1)c1ccco1. The lowest BCUT2D eigenvalue weighted by atomic mass is 10.1. The minimum atomic E-state index is 0.281. The summed E-state index contributed by atoms with van der Waals surface area (Å²) >= 11 is 0. The van der Waals surface area contributed by atoms with Crippen molar-refractivity contribution in [3.8, 4) is 0 Å². The average Bonchev–Trinajstić information content (AvgIpc) is 2.97. The van der Waals surface area contributed by atoms with Crippen molar-refractivity contribution in [3.63, 3.8) is 0 Å². The van der Waals surface area contributed by atoms with Crippen molar-refractivity contribution in [1.82, 2.24) is 14.9 Å². The van der Waals surface area contributed by atoms with E-state index in [-0.39, 0.29) is 6.04 Å². The maximum atomic E-state index is 5.44. The summed E-state index contributed by atoms with van der Waals surface area (Å²) in [4.78, 5) is 4.04. The van der Waals surface area contributed by atoms with E-state index in [0.717, 1.165) is 18.7 Å². The second-order valence-corrected chi connectivity index (χ2v) is 4.30. The quantitative estimate of drug-likeness (QED) is 0.834. The predicted molar refractivity (Wildman–Crippen MR) is 66.6 cm³/mol. The molecule has 2 atom stereocenters. The Hall–Kier alpha value is -1.55. The number of aromatic nitrogens is 2. The van der Waals surface area contributed by atoms with Gasteiger partial charge in [-0.1, -0.05) is 6.92 Å². The summed E-state index contributed by atoms with van der Waals surface area (Å²) < 4.78 is 7.52. The molecule has 0 radical (unpaired) electrons. The first-order chi connectivity index (χ1) is 8.29. The predicted octanol–water partition coefficient (Wildman–Crippen LogP) is 2.61. The number of imidazole rings is 1. The van der Waals surface area contributed by atoms with E-state index in [2.05, 4.69) is 28.7 Å². The zero-order valence-corrected chi connectivity index (χ0v) is 10.3.